The van der Waals surface area contributed by atoms with E-state index >= 15 is 0 Å². The summed E-state index contributed by atoms with van der Waals surface area (Å²) in [7, 11) is 0. The van der Waals surface area contributed by atoms with Crippen molar-refractivity contribution in [1.82, 2.24) is 19.9 Å². The van der Waals surface area contributed by atoms with Gasteiger partial charge in [0.05, 0.1) is 16.4 Å². The Balaban J connectivity index is 1.76. The zero-order valence-electron chi connectivity index (χ0n) is 12.5. The average molecular weight is 304 g/mol. The number of hydrogen-bond acceptors (Lipinski definition) is 5. The Hall–Kier alpha value is -1.53. The number of fused-ring (bicyclic) bond motifs is 1. The van der Waals surface area contributed by atoms with E-state index in [9.17, 15) is 4.79 Å². The molecule has 0 atom stereocenters. The Bertz CT molecular complexity index is 691. The second kappa shape index (κ2) is 6.07. The minimum atomic E-state index is 0.0446. The molecule has 2 aromatic heterocycles. The van der Waals surface area contributed by atoms with Gasteiger partial charge in [-0.15, -0.1) is 11.3 Å². The quantitative estimate of drug-likeness (QED) is 0.937. The number of nitrogens with zero attached hydrogens (tertiary/aromatic N) is 3. The Morgan fingerprint density at radius 1 is 1.33 bits per heavy atom. The summed E-state index contributed by atoms with van der Waals surface area (Å²) in [6.45, 7) is 6.72. The highest BCUT2D eigenvalue weighted by molar-refractivity contribution is 7.09. The van der Waals surface area contributed by atoms with Gasteiger partial charge >= 0.3 is 0 Å². The van der Waals surface area contributed by atoms with Gasteiger partial charge in [-0.1, -0.05) is 6.92 Å². The molecule has 0 bridgehead atoms. The van der Waals surface area contributed by atoms with E-state index in [4.69, 9.17) is 0 Å². The van der Waals surface area contributed by atoms with E-state index in [1.165, 1.54) is 0 Å². The molecule has 21 heavy (non-hydrogen) atoms. The van der Waals surface area contributed by atoms with Crippen molar-refractivity contribution < 1.29 is 0 Å². The van der Waals surface area contributed by atoms with Crippen LogP contribution in [-0.4, -0.2) is 32.9 Å². The lowest BCUT2D eigenvalue weighted by Gasteiger charge is -2.17. The summed E-state index contributed by atoms with van der Waals surface area (Å²) < 4.78 is 0. The van der Waals surface area contributed by atoms with E-state index in [0.29, 0.717) is 0 Å². The summed E-state index contributed by atoms with van der Waals surface area (Å²) in [6, 6.07) is 0. The summed E-state index contributed by atoms with van der Waals surface area (Å²) >= 11 is 1.69. The predicted octanol–water partition coefficient (Wildman–Crippen LogP) is 1.70. The van der Waals surface area contributed by atoms with Crippen LogP contribution in [0.15, 0.2) is 10.2 Å². The van der Waals surface area contributed by atoms with Crippen LogP contribution < -0.4 is 5.56 Å². The van der Waals surface area contributed by atoms with Crippen LogP contribution in [0.4, 0.5) is 0 Å². The van der Waals surface area contributed by atoms with Gasteiger partial charge in [0, 0.05) is 43.4 Å². The van der Waals surface area contributed by atoms with E-state index in [-0.39, 0.29) is 5.56 Å². The van der Waals surface area contributed by atoms with Crippen molar-refractivity contribution in [2.45, 2.75) is 39.7 Å². The van der Waals surface area contributed by atoms with Gasteiger partial charge in [0.25, 0.3) is 5.56 Å². The molecule has 2 aromatic rings. The molecule has 1 N–H and O–H groups in total. The van der Waals surface area contributed by atoms with E-state index in [0.717, 1.165) is 66.7 Å². The third-order valence-corrected chi connectivity index (χ3v) is 4.70. The molecule has 0 radical (unpaired) electrons. The number of aromatic amines is 1. The van der Waals surface area contributed by atoms with Crippen LogP contribution >= 0.6 is 11.3 Å². The number of thiazole rings is 1. The summed E-state index contributed by atoms with van der Waals surface area (Å²) in [5.74, 6) is 0.794. The fourth-order valence-electron chi connectivity index (χ4n) is 2.74. The number of rotatable bonds is 3. The van der Waals surface area contributed by atoms with Crippen LogP contribution in [-0.2, 0) is 25.8 Å². The van der Waals surface area contributed by atoms with Crippen molar-refractivity contribution in [2.24, 2.45) is 0 Å². The Morgan fingerprint density at radius 2 is 2.14 bits per heavy atom. The Labute approximate surface area is 128 Å². The van der Waals surface area contributed by atoms with E-state index in [1.54, 1.807) is 11.3 Å². The van der Waals surface area contributed by atoms with Crippen LogP contribution in [0, 0.1) is 6.92 Å². The first kappa shape index (κ1) is 14.4. The fraction of sp³-hybridized carbons (Fsp3) is 0.533. The third kappa shape index (κ3) is 3.22. The molecule has 0 aliphatic carbocycles. The second-order valence-electron chi connectivity index (χ2n) is 5.43. The molecule has 6 heteroatoms. The third-order valence-electron chi connectivity index (χ3n) is 3.88. The van der Waals surface area contributed by atoms with Gasteiger partial charge in [-0.25, -0.2) is 9.97 Å². The molecule has 112 valence electrons. The SMILES string of the molecule is CCc1nc2c(c(=O)[nH]1)CCN(Cc1csc(C)n1)CC2. The fourth-order valence-corrected chi connectivity index (χ4v) is 3.35. The Morgan fingerprint density at radius 3 is 2.86 bits per heavy atom. The van der Waals surface area contributed by atoms with Crippen LogP contribution in [0.5, 0.6) is 0 Å². The molecule has 0 saturated heterocycles. The maximum atomic E-state index is 12.1. The van der Waals surface area contributed by atoms with Crippen molar-refractivity contribution in [1.29, 1.82) is 0 Å². The van der Waals surface area contributed by atoms with Crippen molar-refractivity contribution in [3.63, 3.8) is 0 Å². The molecule has 0 amide bonds. The molecule has 3 heterocycles. The lowest BCUT2D eigenvalue weighted by molar-refractivity contribution is 0.276. The van der Waals surface area contributed by atoms with Gasteiger partial charge in [-0.3, -0.25) is 9.69 Å². The van der Waals surface area contributed by atoms with Crippen LogP contribution in [0.25, 0.3) is 0 Å². The minimum absolute atomic E-state index is 0.0446. The maximum absolute atomic E-state index is 12.1. The van der Waals surface area contributed by atoms with Gasteiger partial charge in [0.15, 0.2) is 0 Å². The van der Waals surface area contributed by atoms with Gasteiger partial charge in [-0.05, 0) is 13.3 Å². The zero-order valence-corrected chi connectivity index (χ0v) is 13.3. The molecule has 0 unspecified atom stereocenters. The number of H-pyrrole nitrogens is 1. The molecule has 0 fully saturated rings. The smallest absolute Gasteiger partial charge is 0.254 e. The molecule has 1 aliphatic rings. The molecule has 0 saturated carbocycles. The monoisotopic (exact) mass is 304 g/mol. The number of nitrogens with one attached hydrogen (secondary N) is 1. The maximum Gasteiger partial charge on any atom is 0.254 e. The standard InChI is InChI=1S/C15H20N4OS/c1-3-14-17-13-5-7-19(6-4-12(13)15(20)18-14)8-11-9-21-10(2)16-11/h9H,3-8H2,1-2H3,(H,17,18,20). The van der Waals surface area contributed by atoms with Gasteiger partial charge < -0.3 is 4.98 Å². The van der Waals surface area contributed by atoms with Crippen molar-refractivity contribution >= 4 is 11.3 Å². The summed E-state index contributed by atoms with van der Waals surface area (Å²) in [6.07, 6.45) is 2.38. The second-order valence-corrected chi connectivity index (χ2v) is 6.49. The van der Waals surface area contributed by atoms with E-state index < -0.39 is 0 Å². The molecule has 5 nitrogen and oxygen atoms in total. The molecular weight excluding hydrogens is 284 g/mol. The van der Waals surface area contributed by atoms with Gasteiger partial charge in [-0.2, -0.15) is 0 Å². The van der Waals surface area contributed by atoms with Crippen molar-refractivity contribution in [3.05, 3.63) is 43.5 Å². The van der Waals surface area contributed by atoms with Crippen LogP contribution in [0.1, 0.15) is 34.7 Å². The van der Waals surface area contributed by atoms with Crippen LogP contribution in [0.2, 0.25) is 0 Å². The normalized spacial score (nSPS) is 15.7. The average Bonchev–Trinajstić information content (AvgIpc) is 2.76. The number of hydrogen-bond donors (Lipinski definition) is 1. The summed E-state index contributed by atoms with van der Waals surface area (Å²) in [4.78, 5) is 26.5. The first-order chi connectivity index (χ1) is 10.2. The van der Waals surface area contributed by atoms with Gasteiger partial charge in [0.2, 0.25) is 0 Å². The predicted molar refractivity (Wildman–Crippen MR) is 83.8 cm³/mol. The lowest BCUT2D eigenvalue weighted by atomic mass is 10.1. The molecule has 3 rings (SSSR count). The topological polar surface area (TPSA) is 61.9 Å². The highest BCUT2D eigenvalue weighted by Gasteiger charge is 2.19. The number of aromatic nitrogens is 3. The minimum Gasteiger partial charge on any atom is -0.310 e. The molecule has 0 spiro atoms. The highest BCUT2D eigenvalue weighted by Crippen LogP contribution is 2.15. The van der Waals surface area contributed by atoms with Crippen molar-refractivity contribution in [3.8, 4) is 0 Å². The van der Waals surface area contributed by atoms with Crippen molar-refractivity contribution in [2.75, 3.05) is 13.1 Å². The van der Waals surface area contributed by atoms with Crippen LogP contribution in [0.3, 0.4) is 0 Å². The van der Waals surface area contributed by atoms with E-state index in [1.807, 2.05) is 13.8 Å². The Kier molecular flexibility index (Phi) is 4.17. The largest absolute Gasteiger partial charge is 0.310 e. The highest BCUT2D eigenvalue weighted by atomic mass is 32.1. The lowest BCUT2D eigenvalue weighted by Crippen LogP contribution is -2.26. The summed E-state index contributed by atoms with van der Waals surface area (Å²) in [5, 5.41) is 3.22. The number of aryl methyl sites for hydroxylation is 2. The first-order valence-electron chi connectivity index (χ1n) is 7.40. The summed E-state index contributed by atoms with van der Waals surface area (Å²) in [5.41, 5.74) is 3.01. The van der Waals surface area contributed by atoms with Gasteiger partial charge in [0.1, 0.15) is 5.82 Å². The van der Waals surface area contributed by atoms with E-state index in [2.05, 4.69) is 25.2 Å². The first-order valence-corrected chi connectivity index (χ1v) is 8.28. The molecule has 1 aliphatic heterocycles. The zero-order chi connectivity index (χ0) is 14.8. The molecular formula is C15H20N4OS. The molecule has 0 aromatic carbocycles.